The topological polar surface area (TPSA) is 37.4 Å². The highest BCUT2D eigenvalue weighted by molar-refractivity contribution is 9.10. The first-order valence-electron chi connectivity index (χ1n) is 5.65. The Labute approximate surface area is 121 Å². The van der Waals surface area contributed by atoms with E-state index in [1.807, 2.05) is 0 Å². The van der Waals surface area contributed by atoms with Crippen molar-refractivity contribution in [3.8, 4) is 0 Å². The molecule has 0 radical (unpaired) electrons. The monoisotopic (exact) mass is 375 g/mol. The maximum Gasteiger partial charge on any atom is 0.402 e. The summed E-state index contributed by atoms with van der Waals surface area (Å²) in [4.78, 5) is -0.739. The molecular formula is C11H10BrF4NO2S. The lowest BCUT2D eigenvalue weighted by Gasteiger charge is -2.23. The van der Waals surface area contributed by atoms with Gasteiger partial charge in [-0.2, -0.15) is 17.5 Å². The van der Waals surface area contributed by atoms with Gasteiger partial charge >= 0.3 is 6.18 Å². The Bertz CT molecular complexity index is 613. The smallest absolute Gasteiger partial charge is 0.207 e. The summed E-state index contributed by atoms with van der Waals surface area (Å²) >= 11 is 2.96. The molecule has 1 saturated carbocycles. The number of hydrogen-bond donors (Lipinski definition) is 0. The first kappa shape index (κ1) is 15.7. The molecule has 0 heterocycles. The molecule has 0 bridgehead atoms. The number of halogens is 5. The molecule has 0 spiro atoms. The highest BCUT2D eigenvalue weighted by atomic mass is 79.9. The van der Waals surface area contributed by atoms with E-state index < -0.39 is 39.5 Å². The lowest BCUT2D eigenvalue weighted by Crippen LogP contribution is -2.40. The first-order valence-corrected chi connectivity index (χ1v) is 7.88. The van der Waals surface area contributed by atoms with Crippen molar-refractivity contribution in [3.63, 3.8) is 0 Å². The van der Waals surface area contributed by atoms with Gasteiger partial charge in [0.05, 0.1) is 0 Å². The molecule has 0 unspecified atom stereocenters. The summed E-state index contributed by atoms with van der Waals surface area (Å²) in [5.74, 6) is -1.08. The van der Waals surface area contributed by atoms with Gasteiger partial charge in [-0.1, -0.05) is 15.9 Å². The summed E-state index contributed by atoms with van der Waals surface area (Å²) in [5, 5.41) is 0. The van der Waals surface area contributed by atoms with Crippen LogP contribution >= 0.6 is 15.9 Å². The lowest BCUT2D eigenvalue weighted by molar-refractivity contribution is -0.137. The SMILES string of the molecule is O=S(=O)(c1ccc(Br)cc1F)N(CC(F)(F)F)C1CC1. The molecule has 1 aromatic rings. The third-order valence-corrected chi connectivity index (χ3v) is 5.19. The lowest BCUT2D eigenvalue weighted by atomic mass is 10.3. The van der Waals surface area contributed by atoms with E-state index in [9.17, 15) is 26.0 Å². The Hall–Kier alpha value is -0.670. The van der Waals surface area contributed by atoms with E-state index in [4.69, 9.17) is 0 Å². The second kappa shape index (κ2) is 5.27. The number of hydrogen-bond acceptors (Lipinski definition) is 2. The molecule has 1 aliphatic rings. The van der Waals surface area contributed by atoms with Crippen LogP contribution in [0.25, 0.3) is 0 Å². The Morgan fingerprint density at radius 3 is 2.35 bits per heavy atom. The maximum absolute atomic E-state index is 13.7. The van der Waals surface area contributed by atoms with Crippen LogP contribution in [0.2, 0.25) is 0 Å². The number of benzene rings is 1. The van der Waals surface area contributed by atoms with E-state index in [0.29, 0.717) is 21.6 Å². The Kier molecular flexibility index (Phi) is 4.14. The van der Waals surface area contributed by atoms with Crippen molar-refractivity contribution < 1.29 is 26.0 Å². The van der Waals surface area contributed by atoms with Crippen molar-refractivity contribution in [2.75, 3.05) is 6.54 Å². The van der Waals surface area contributed by atoms with Gasteiger partial charge < -0.3 is 0 Å². The predicted octanol–water partition coefficient (Wildman–Crippen LogP) is 3.30. The minimum atomic E-state index is -4.67. The summed E-state index contributed by atoms with van der Waals surface area (Å²) in [6, 6.07) is 2.44. The zero-order chi connectivity index (χ0) is 15.1. The quantitative estimate of drug-likeness (QED) is 0.757. The van der Waals surface area contributed by atoms with Gasteiger partial charge in [-0.05, 0) is 31.0 Å². The van der Waals surface area contributed by atoms with Crippen molar-refractivity contribution in [3.05, 3.63) is 28.5 Å². The number of sulfonamides is 1. The largest absolute Gasteiger partial charge is 0.402 e. The fourth-order valence-corrected chi connectivity index (χ4v) is 3.81. The first-order chi connectivity index (χ1) is 9.11. The van der Waals surface area contributed by atoms with Gasteiger partial charge in [0.15, 0.2) is 0 Å². The van der Waals surface area contributed by atoms with Crippen LogP contribution in [-0.2, 0) is 10.0 Å². The van der Waals surface area contributed by atoms with E-state index in [1.54, 1.807) is 0 Å². The number of alkyl halides is 3. The summed E-state index contributed by atoms with van der Waals surface area (Å²) in [6.07, 6.45) is -3.96. The zero-order valence-electron chi connectivity index (χ0n) is 9.99. The summed E-state index contributed by atoms with van der Waals surface area (Å²) in [6.45, 7) is -1.60. The Morgan fingerprint density at radius 2 is 1.90 bits per heavy atom. The van der Waals surface area contributed by atoms with Crippen LogP contribution in [0, 0.1) is 5.82 Å². The molecule has 0 atom stereocenters. The van der Waals surface area contributed by atoms with Crippen molar-refractivity contribution in [2.45, 2.75) is 30.0 Å². The van der Waals surface area contributed by atoms with E-state index in [2.05, 4.69) is 15.9 Å². The Balaban J connectivity index is 2.40. The Morgan fingerprint density at radius 1 is 1.30 bits per heavy atom. The fraction of sp³-hybridized carbons (Fsp3) is 0.455. The normalized spacial score (nSPS) is 16.7. The molecule has 2 rings (SSSR count). The molecule has 1 aromatic carbocycles. The van der Waals surface area contributed by atoms with Crippen molar-refractivity contribution in [2.24, 2.45) is 0 Å². The molecule has 1 aliphatic carbocycles. The molecule has 0 aromatic heterocycles. The van der Waals surface area contributed by atoms with Gasteiger partial charge in [-0.3, -0.25) is 0 Å². The molecule has 0 saturated heterocycles. The fourth-order valence-electron chi connectivity index (χ4n) is 1.76. The van der Waals surface area contributed by atoms with Gasteiger partial charge in [0.1, 0.15) is 17.3 Å². The van der Waals surface area contributed by atoms with Gasteiger partial charge in [-0.25, -0.2) is 12.8 Å². The molecule has 1 fully saturated rings. The predicted molar refractivity (Wildman–Crippen MR) is 67.1 cm³/mol. The van der Waals surface area contributed by atoms with Crippen LogP contribution in [0.3, 0.4) is 0 Å². The van der Waals surface area contributed by atoms with Crippen LogP contribution in [0.5, 0.6) is 0 Å². The molecule has 0 aliphatic heterocycles. The zero-order valence-corrected chi connectivity index (χ0v) is 12.4. The molecule has 9 heteroatoms. The molecule has 112 valence electrons. The second-order valence-corrected chi connectivity index (χ2v) is 7.25. The van der Waals surface area contributed by atoms with Crippen molar-refractivity contribution in [1.29, 1.82) is 0 Å². The van der Waals surface area contributed by atoms with Gasteiger partial charge in [-0.15, -0.1) is 0 Å². The third kappa shape index (κ3) is 3.50. The molecular weight excluding hydrogens is 366 g/mol. The minimum absolute atomic E-state index is 0.308. The van der Waals surface area contributed by atoms with Crippen LogP contribution in [-0.4, -0.2) is 31.5 Å². The van der Waals surface area contributed by atoms with Gasteiger partial charge in [0.2, 0.25) is 10.0 Å². The number of rotatable bonds is 4. The maximum atomic E-state index is 13.7. The standard InChI is InChI=1S/C11H10BrF4NO2S/c12-7-1-4-10(9(13)5-7)20(18,19)17(8-2-3-8)6-11(14,15)16/h1,4-5,8H,2-3,6H2. The third-order valence-electron chi connectivity index (χ3n) is 2.77. The average molecular weight is 376 g/mol. The second-order valence-electron chi connectivity index (χ2n) is 4.47. The van der Waals surface area contributed by atoms with Crippen LogP contribution in [0.15, 0.2) is 27.6 Å². The highest BCUT2D eigenvalue weighted by Crippen LogP contribution is 2.35. The molecule has 3 nitrogen and oxygen atoms in total. The summed E-state index contributed by atoms with van der Waals surface area (Å²) < 4.78 is 76.2. The van der Waals surface area contributed by atoms with Crippen LogP contribution in [0.1, 0.15) is 12.8 Å². The van der Waals surface area contributed by atoms with Crippen LogP contribution in [0.4, 0.5) is 17.6 Å². The van der Waals surface area contributed by atoms with E-state index >= 15 is 0 Å². The van der Waals surface area contributed by atoms with Gasteiger partial charge in [0, 0.05) is 10.5 Å². The van der Waals surface area contributed by atoms with E-state index in [-0.39, 0.29) is 0 Å². The molecule has 0 N–H and O–H groups in total. The minimum Gasteiger partial charge on any atom is -0.207 e. The van der Waals surface area contributed by atoms with E-state index in [1.165, 1.54) is 6.07 Å². The van der Waals surface area contributed by atoms with Crippen molar-refractivity contribution in [1.82, 2.24) is 4.31 Å². The van der Waals surface area contributed by atoms with Crippen LogP contribution < -0.4 is 0 Å². The summed E-state index contributed by atoms with van der Waals surface area (Å²) in [7, 11) is -4.50. The molecule has 0 amide bonds. The summed E-state index contributed by atoms with van der Waals surface area (Å²) in [5.41, 5.74) is 0. The van der Waals surface area contributed by atoms with E-state index in [0.717, 1.165) is 12.1 Å². The average Bonchev–Trinajstić information content (AvgIpc) is 3.07. The van der Waals surface area contributed by atoms with Crippen molar-refractivity contribution >= 4 is 26.0 Å². The number of nitrogens with zero attached hydrogens (tertiary/aromatic N) is 1. The van der Waals surface area contributed by atoms with Gasteiger partial charge in [0.25, 0.3) is 0 Å². The molecule has 20 heavy (non-hydrogen) atoms. The highest BCUT2D eigenvalue weighted by Gasteiger charge is 2.45.